The number of alkyl halides is 2. The maximum Gasteiger partial charge on any atom is 0.256 e. The summed E-state index contributed by atoms with van der Waals surface area (Å²) in [4.78, 5) is 20.9. The van der Waals surface area contributed by atoms with Crippen LogP contribution in [0.1, 0.15) is 23.5 Å². The third kappa shape index (κ3) is 3.57. The predicted octanol–water partition coefficient (Wildman–Crippen LogP) is 2.43. The number of amides is 1. The third-order valence-corrected chi connectivity index (χ3v) is 6.09. The van der Waals surface area contributed by atoms with Gasteiger partial charge in [-0.15, -0.1) is 5.92 Å². The minimum Gasteiger partial charge on any atom is -0.383 e. The highest BCUT2D eigenvalue weighted by molar-refractivity contribution is 14.1. The topological polar surface area (TPSA) is 110 Å². The summed E-state index contributed by atoms with van der Waals surface area (Å²) in [6.45, 7) is 1.47. The average Bonchev–Trinajstić information content (AvgIpc) is 3.29. The van der Waals surface area contributed by atoms with E-state index in [1.807, 2.05) is 0 Å². The first-order valence-corrected chi connectivity index (χ1v) is 10.8. The van der Waals surface area contributed by atoms with Crippen LogP contribution in [0.3, 0.4) is 0 Å². The van der Waals surface area contributed by atoms with Crippen LogP contribution in [0.2, 0.25) is 0 Å². The molecular weight excluding hydrogens is 518 g/mol. The quantitative estimate of drug-likeness (QED) is 0.269. The number of ether oxygens (including phenoxy) is 1. The number of aliphatic hydroxyl groups excluding tert-OH is 1. The summed E-state index contributed by atoms with van der Waals surface area (Å²) >= 11 is 1.73. The normalized spacial score (nSPS) is 27.6. The molecule has 2 aromatic heterocycles. The molecule has 1 aromatic carbocycles. The highest BCUT2D eigenvalue weighted by Crippen LogP contribution is 2.47. The van der Waals surface area contributed by atoms with Crippen LogP contribution in [0, 0.1) is 11.8 Å². The summed E-state index contributed by atoms with van der Waals surface area (Å²) in [5.41, 5.74) is -1.49. The van der Waals surface area contributed by atoms with Crippen molar-refractivity contribution in [2.45, 2.75) is 30.7 Å². The Bertz CT molecular complexity index is 1190. The van der Waals surface area contributed by atoms with Crippen LogP contribution in [0.25, 0.3) is 11.0 Å². The molecule has 3 heterocycles. The molecule has 4 atom stereocenters. The zero-order chi connectivity index (χ0) is 22.2. The zero-order valence-corrected chi connectivity index (χ0v) is 18.4. The van der Waals surface area contributed by atoms with Gasteiger partial charge in [0, 0.05) is 11.8 Å². The van der Waals surface area contributed by atoms with Gasteiger partial charge in [-0.3, -0.25) is 4.79 Å². The van der Waals surface area contributed by atoms with Gasteiger partial charge in [-0.2, -0.15) is 0 Å². The van der Waals surface area contributed by atoms with Crippen LogP contribution in [-0.2, 0) is 4.74 Å². The molecule has 1 aliphatic heterocycles. The van der Waals surface area contributed by atoms with Crippen molar-refractivity contribution in [3.8, 4) is 11.8 Å². The minimum atomic E-state index is -2.50. The maximum absolute atomic E-state index is 15.1. The lowest BCUT2D eigenvalue weighted by Crippen LogP contribution is -2.49. The summed E-state index contributed by atoms with van der Waals surface area (Å²) in [6, 6.07) is 10.2. The van der Waals surface area contributed by atoms with Crippen LogP contribution < -0.4 is 5.32 Å². The SMILES string of the molecule is CC#C[C@]1(O)C(n2ccc3c(NC(=O)c4ccccc4)ncnc32)O[C@](F)(CI)[C@H]1O. The predicted molar refractivity (Wildman–Crippen MR) is 119 cm³/mol. The molecule has 0 radical (unpaired) electrons. The fraction of sp³-hybridized carbons (Fsp3) is 0.286. The standard InChI is InChI=1S/C21H18FIN4O4/c1-2-9-20(30)18(29)21(22,11-23)31-19(20)27-10-8-14-15(24-12-25-16(14)27)26-17(28)13-6-4-3-5-7-13/h3-8,10,12,18-19,29-30H,11H2,1H3,(H,24,25,26,28)/t18-,19?,20+,21+/m0/s1. The van der Waals surface area contributed by atoms with E-state index in [0.29, 0.717) is 10.9 Å². The van der Waals surface area contributed by atoms with Crippen molar-refractivity contribution < 1.29 is 24.1 Å². The number of nitrogens with zero attached hydrogens (tertiary/aromatic N) is 3. The molecule has 4 rings (SSSR count). The van der Waals surface area contributed by atoms with Gasteiger partial charge in [-0.25, -0.2) is 14.4 Å². The number of carbonyl (C=O) groups excluding carboxylic acids is 1. The second kappa shape index (κ2) is 8.16. The van der Waals surface area contributed by atoms with Crippen molar-refractivity contribution in [3.63, 3.8) is 0 Å². The van der Waals surface area contributed by atoms with Crippen LogP contribution in [0.4, 0.5) is 10.2 Å². The van der Waals surface area contributed by atoms with Crippen LogP contribution in [0.15, 0.2) is 48.9 Å². The van der Waals surface area contributed by atoms with Crippen LogP contribution >= 0.6 is 22.6 Å². The van der Waals surface area contributed by atoms with Crippen LogP contribution in [-0.4, -0.2) is 52.6 Å². The van der Waals surface area contributed by atoms with Crippen molar-refractivity contribution in [1.82, 2.24) is 14.5 Å². The molecular formula is C21H18FIN4O4. The van der Waals surface area contributed by atoms with E-state index in [-0.39, 0.29) is 21.8 Å². The van der Waals surface area contributed by atoms with Crippen molar-refractivity contribution in [2.24, 2.45) is 0 Å². The van der Waals surface area contributed by atoms with Crippen LogP contribution in [0.5, 0.6) is 0 Å². The maximum atomic E-state index is 15.1. The molecule has 1 unspecified atom stereocenters. The molecule has 160 valence electrons. The first kappa shape index (κ1) is 21.6. The van der Waals surface area contributed by atoms with Crippen molar-refractivity contribution in [2.75, 3.05) is 9.74 Å². The Morgan fingerprint density at radius 3 is 2.77 bits per heavy atom. The molecule has 0 aliphatic carbocycles. The molecule has 3 N–H and O–H groups in total. The van der Waals surface area contributed by atoms with E-state index in [4.69, 9.17) is 4.74 Å². The monoisotopic (exact) mass is 536 g/mol. The van der Waals surface area contributed by atoms with Gasteiger partial charge < -0.3 is 24.8 Å². The lowest BCUT2D eigenvalue weighted by molar-refractivity contribution is -0.167. The average molecular weight is 536 g/mol. The Balaban J connectivity index is 1.75. The molecule has 1 amide bonds. The molecule has 8 nitrogen and oxygen atoms in total. The zero-order valence-electron chi connectivity index (χ0n) is 16.3. The van der Waals surface area contributed by atoms with Gasteiger partial charge in [0.25, 0.3) is 5.91 Å². The number of hydrogen-bond acceptors (Lipinski definition) is 6. The van der Waals surface area contributed by atoms with E-state index in [1.54, 1.807) is 59.0 Å². The number of aromatic nitrogens is 3. The van der Waals surface area contributed by atoms with Crippen molar-refractivity contribution in [1.29, 1.82) is 0 Å². The Morgan fingerprint density at radius 2 is 2.10 bits per heavy atom. The number of carbonyl (C=O) groups is 1. The summed E-state index contributed by atoms with van der Waals surface area (Å²) in [6.07, 6.45) is -0.530. The molecule has 0 spiro atoms. The summed E-state index contributed by atoms with van der Waals surface area (Å²) < 4.78 is 21.7. The number of fused-ring (bicyclic) bond motifs is 1. The number of halogens is 2. The lowest BCUT2D eigenvalue weighted by atomic mass is 9.94. The van der Waals surface area contributed by atoms with E-state index in [0.717, 1.165) is 0 Å². The van der Waals surface area contributed by atoms with E-state index in [2.05, 4.69) is 27.1 Å². The van der Waals surface area contributed by atoms with E-state index in [1.165, 1.54) is 24.0 Å². The largest absolute Gasteiger partial charge is 0.383 e. The highest BCUT2D eigenvalue weighted by Gasteiger charge is 2.64. The Hall–Kier alpha value is -2.59. The molecule has 1 saturated heterocycles. The molecule has 0 saturated carbocycles. The first-order chi connectivity index (χ1) is 14.8. The molecule has 0 bridgehead atoms. The van der Waals surface area contributed by atoms with E-state index in [9.17, 15) is 15.0 Å². The fourth-order valence-corrected chi connectivity index (χ4v) is 4.13. The van der Waals surface area contributed by atoms with E-state index < -0.39 is 23.8 Å². The first-order valence-electron chi connectivity index (χ1n) is 9.29. The lowest BCUT2D eigenvalue weighted by Gasteiger charge is -2.26. The number of rotatable bonds is 4. The number of hydrogen-bond donors (Lipinski definition) is 3. The third-order valence-electron chi connectivity index (χ3n) is 5.05. The number of aliphatic hydroxyl groups is 2. The van der Waals surface area contributed by atoms with Crippen molar-refractivity contribution >= 4 is 45.3 Å². The summed E-state index contributed by atoms with van der Waals surface area (Å²) in [5, 5.41) is 24.7. The number of benzene rings is 1. The Kier molecular flexibility index (Phi) is 5.69. The summed E-state index contributed by atoms with van der Waals surface area (Å²) in [7, 11) is 0. The highest BCUT2D eigenvalue weighted by atomic mass is 127. The Labute approximate surface area is 190 Å². The second-order valence-corrected chi connectivity index (χ2v) is 7.76. The molecule has 3 aromatic rings. The van der Waals surface area contributed by atoms with Gasteiger partial charge in [-0.05, 0) is 25.1 Å². The molecule has 1 fully saturated rings. The number of nitrogens with one attached hydrogen (secondary N) is 1. The van der Waals surface area contributed by atoms with Gasteiger partial charge in [-0.1, -0.05) is 46.7 Å². The van der Waals surface area contributed by atoms with Gasteiger partial charge in [0.2, 0.25) is 11.5 Å². The molecule has 31 heavy (non-hydrogen) atoms. The number of anilines is 1. The van der Waals surface area contributed by atoms with E-state index >= 15 is 4.39 Å². The molecule has 10 heteroatoms. The fourth-order valence-electron chi connectivity index (χ4n) is 3.54. The summed E-state index contributed by atoms with van der Waals surface area (Å²) in [5.74, 6) is 2.39. The second-order valence-electron chi connectivity index (χ2n) is 7.00. The Morgan fingerprint density at radius 1 is 1.35 bits per heavy atom. The smallest absolute Gasteiger partial charge is 0.256 e. The van der Waals surface area contributed by atoms with Gasteiger partial charge in [0.1, 0.15) is 17.8 Å². The van der Waals surface area contributed by atoms with Gasteiger partial charge in [0.05, 0.1) is 9.81 Å². The van der Waals surface area contributed by atoms with Crippen molar-refractivity contribution in [3.05, 3.63) is 54.5 Å². The minimum absolute atomic E-state index is 0.220. The molecule has 1 aliphatic rings. The van der Waals surface area contributed by atoms with Gasteiger partial charge >= 0.3 is 0 Å². The van der Waals surface area contributed by atoms with Gasteiger partial charge in [0.15, 0.2) is 12.3 Å².